The van der Waals surface area contributed by atoms with Crippen LogP contribution in [0, 0.1) is 11.3 Å². The van der Waals surface area contributed by atoms with E-state index in [-0.39, 0.29) is 18.7 Å². The second-order valence-corrected chi connectivity index (χ2v) is 5.85. The molecule has 0 aromatic heterocycles. The zero-order chi connectivity index (χ0) is 14.8. The molecule has 6 nitrogen and oxygen atoms in total. The van der Waals surface area contributed by atoms with Crippen molar-refractivity contribution in [1.29, 1.82) is 5.26 Å². The molecule has 7 heteroatoms. The minimum absolute atomic E-state index is 0.148. The average Bonchev–Trinajstić information content (AvgIpc) is 2.34. The van der Waals surface area contributed by atoms with Gasteiger partial charge in [0.2, 0.25) is 0 Å². The van der Waals surface area contributed by atoms with Crippen LogP contribution in [0.5, 0.6) is 0 Å². The first-order valence-electron chi connectivity index (χ1n) is 6.22. The number of nitriles is 1. The van der Waals surface area contributed by atoms with Crippen molar-refractivity contribution in [3.05, 3.63) is 0 Å². The summed E-state index contributed by atoms with van der Waals surface area (Å²) in [6.45, 7) is 8.27. The van der Waals surface area contributed by atoms with Crippen LogP contribution in [0.1, 0.15) is 34.1 Å². The summed E-state index contributed by atoms with van der Waals surface area (Å²) in [6, 6.07) is 2.44. The van der Waals surface area contributed by atoms with Crippen molar-refractivity contribution in [1.82, 2.24) is 4.67 Å². The fourth-order valence-electron chi connectivity index (χ4n) is 1.48. The van der Waals surface area contributed by atoms with Gasteiger partial charge in [-0.2, -0.15) is 5.26 Å². The molecule has 0 fully saturated rings. The number of rotatable bonds is 9. The second-order valence-electron chi connectivity index (χ2n) is 4.40. The highest BCUT2D eigenvalue weighted by atomic mass is 31.2. The van der Waals surface area contributed by atoms with Gasteiger partial charge in [-0.3, -0.25) is 0 Å². The van der Waals surface area contributed by atoms with E-state index in [1.54, 1.807) is 0 Å². The second kappa shape index (κ2) is 10.1. The van der Waals surface area contributed by atoms with E-state index in [2.05, 4.69) is 9.41 Å². The smallest absolute Gasteiger partial charge is 0.332 e. The summed E-state index contributed by atoms with van der Waals surface area (Å²) in [4.78, 5) is 11.1. The Labute approximate surface area is 116 Å². The van der Waals surface area contributed by atoms with Crippen LogP contribution in [-0.2, 0) is 18.6 Å². The van der Waals surface area contributed by atoms with Crippen LogP contribution < -0.4 is 0 Å². The summed E-state index contributed by atoms with van der Waals surface area (Å²) in [7, 11) is -0.0588. The molecule has 0 radical (unpaired) electrons. The topological polar surface area (TPSA) is 71.8 Å². The molecule has 0 heterocycles. The number of nitrogens with zero attached hydrogens (tertiary/aromatic N) is 2. The third-order valence-corrected chi connectivity index (χ3v) is 4.24. The lowest BCUT2D eigenvalue weighted by atomic mass is 10.3. The minimum atomic E-state index is -1.37. The van der Waals surface area contributed by atoms with Gasteiger partial charge in [-0.15, -0.1) is 0 Å². The molecule has 0 spiro atoms. The Hall–Kier alpha value is -0.730. The normalized spacial score (nSPS) is 12.8. The first-order chi connectivity index (χ1) is 8.93. The molecular weight excluding hydrogens is 267 g/mol. The van der Waals surface area contributed by atoms with E-state index in [1.165, 1.54) is 7.11 Å². The van der Waals surface area contributed by atoms with Crippen LogP contribution >= 0.6 is 8.53 Å². The predicted molar refractivity (Wildman–Crippen MR) is 73.2 cm³/mol. The van der Waals surface area contributed by atoms with Gasteiger partial charge in [0.15, 0.2) is 6.61 Å². The maximum absolute atomic E-state index is 11.1. The lowest BCUT2D eigenvalue weighted by Gasteiger charge is -2.35. The maximum atomic E-state index is 11.1. The molecule has 0 aliphatic carbocycles. The zero-order valence-electron chi connectivity index (χ0n) is 12.3. The molecule has 0 amide bonds. The molecule has 1 atom stereocenters. The summed E-state index contributed by atoms with van der Waals surface area (Å²) >= 11 is 0. The summed E-state index contributed by atoms with van der Waals surface area (Å²) in [5.41, 5.74) is 0. The summed E-state index contributed by atoms with van der Waals surface area (Å²) < 4.78 is 17.7. The van der Waals surface area contributed by atoms with E-state index in [1.807, 2.05) is 33.8 Å². The van der Waals surface area contributed by atoms with Crippen LogP contribution in [-0.4, -0.2) is 43.0 Å². The van der Waals surface area contributed by atoms with Crippen molar-refractivity contribution >= 4 is 14.5 Å². The van der Waals surface area contributed by atoms with Gasteiger partial charge in [0, 0.05) is 12.1 Å². The molecule has 0 aromatic rings. The Kier molecular flexibility index (Phi) is 9.72. The number of hydrogen-bond donors (Lipinski definition) is 0. The van der Waals surface area contributed by atoms with Crippen LogP contribution in [0.25, 0.3) is 0 Å². The first kappa shape index (κ1) is 18.3. The van der Waals surface area contributed by atoms with Crippen LogP contribution in [0.15, 0.2) is 0 Å². The number of ether oxygens (including phenoxy) is 1. The highest BCUT2D eigenvalue weighted by Crippen LogP contribution is 2.45. The van der Waals surface area contributed by atoms with E-state index in [9.17, 15) is 4.79 Å². The Morgan fingerprint density at radius 1 is 1.26 bits per heavy atom. The highest BCUT2D eigenvalue weighted by molar-refractivity contribution is 7.44. The number of methoxy groups -OCH3 is 1. The molecule has 1 unspecified atom stereocenters. The van der Waals surface area contributed by atoms with Gasteiger partial charge < -0.3 is 13.8 Å². The number of carbonyl (C=O) groups excluding carboxylic acids is 1. The van der Waals surface area contributed by atoms with Gasteiger partial charge in [-0.25, -0.2) is 9.46 Å². The fourth-order valence-corrected chi connectivity index (χ4v) is 3.04. The summed E-state index contributed by atoms with van der Waals surface area (Å²) in [5.74, 6) is -0.441. The quantitative estimate of drug-likeness (QED) is 0.369. The SMILES string of the molecule is COC(=O)COP(OCCC#N)N(C(C)C)C(C)C. The third kappa shape index (κ3) is 7.44. The molecule has 0 aliphatic rings. The zero-order valence-corrected chi connectivity index (χ0v) is 13.1. The molecule has 0 aromatic carbocycles. The van der Waals surface area contributed by atoms with Crippen LogP contribution in [0.4, 0.5) is 0 Å². The molecule has 0 N–H and O–H groups in total. The van der Waals surface area contributed by atoms with Gasteiger partial charge >= 0.3 is 5.97 Å². The Morgan fingerprint density at radius 2 is 1.84 bits per heavy atom. The molecule has 0 aliphatic heterocycles. The molecule has 0 rings (SSSR count). The Balaban J connectivity index is 4.61. The van der Waals surface area contributed by atoms with Crippen molar-refractivity contribution < 1.29 is 18.6 Å². The third-order valence-electron chi connectivity index (χ3n) is 2.18. The van der Waals surface area contributed by atoms with Crippen molar-refractivity contribution in [2.75, 3.05) is 20.3 Å². The van der Waals surface area contributed by atoms with Crippen LogP contribution in [0.3, 0.4) is 0 Å². The molecule has 0 saturated carbocycles. The lowest BCUT2D eigenvalue weighted by molar-refractivity contribution is -0.143. The van der Waals surface area contributed by atoms with Crippen molar-refractivity contribution in [3.8, 4) is 6.07 Å². The molecule has 0 saturated heterocycles. The van der Waals surface area contributed by atoms with Gasteiger partial charge in [-0.05, 0) is 27.7 Å². The molecule has 0 bridgehead atoms. The van der Waals surface area contributed by atoms with E-state index in [4.69, 9.17) is 14.3 Å². The van der Waals surface area contributed by atoms with Gasteiger partial charge in [0.1, 0.15) is 0 Å². The highest BCUT2D eigenvalue weighted by Gasteiger charge is 2.27. The predicted octanol–water partition coefficient (Wildman–Crippen LogP) is 2.45. The van der Waals surface area contributed by atoms with Gasteiger partial charge in [-0.1, -0.05) is 0 Å². The summed E-state index contributed by atoms with van der Waals surface area (Å²) in [6.07, 6.45) is 0.296. The lowest BCUT2D eigenvalue weighted by Crippen LogP contribution is -2.34. The molecule has 110 valence electrons. The number of carbonyl (C=O) groups is 1. The standard InChI is InChI=1S/C12H23N2O4P/c1-10(2)14(11(3)4)19(17-8-6-7-13)18-9-12(15)16-5/h10-11H,6,8-9H2,1-5H3. The van der Waals surface area contributed by atoms with E-state index < -0.39 is 14.5 Å². The van der Waals surface area contributed by atoms with Crippen molar-refractivity contribution in [2.45, 2.75) is 46.2 Å². The number of esters is 1. The number of hydrogen-bond acceptors (Lipinski definition) is 6. The monoisotopic (exact) mass is 290 g/mol. The Bertz CT molecular complexity index is 297. The minimum Gasteiger partial charge on any atom is -0.467 e. The van der Waals surface area contributed by atoms with Crippen molar-refractivity contribution in [2.24, 2.45) is 0 Å². The maximum Gasteiger partial charge on any atom is 0.332 e. The average molecular weight is 290 g/mol. The van der Waals surface area contributed by atoms with E-state index >= 15 is 0 Å². The van der Waals surface area contributed by atoms with E-state index in [0.717, 1.165) is 0 Å². The van der Waals surface area contributed by atoms with Gasteiger partial charge in [0.25, 0.3) is 8.53 Å². The fraction of sp³-hybridized carbons (Fsp3) is 0.833. The van der Waals surface area contributed by atoms with Gasteiger partial charge in [0.05, 0.1) is 26.2 Å². The Morgan fingerprint density at radius 3 is 2.26 bits per heavy atom. The summed E-state index contributed by atoms with van der Waals surface area (Å²) in [5, 5.41) is 8.54. The largest absolute Gasteiger partial charge is 0.467 e. The molecular formula is C12H23N2O4P. The van der Waals surface area contributed by atoms with E-state index in [0.29, 0.717) is 13.0 Å². The van der Waals surface area contributed by atoms with Crippen LogP contribution in [0.2, 0.25) is 0 Å². The van der Waals surface area contributed by atoms with Crippen molar-refractivity contribution in [3.63, 3.8) is 0 Å². The molecule has 19 heavy (non-hydrogen) atoms. The first-order valence-corrected chi connectivity index (χ1v) is 7.35.